The molecule has 1 aliphatic rings. The molecule has 0 bridgehead atoms. The molecule has 0 radical (unpaired) electrons. The molecule has 0 atom stereocenters. The maximum Gasteiger partial charge on any atom is 0.323 e. The lowest BCUT2D eigenvalue weighted by Crippen LogP contribution is -2.20. The summed E-state index contributed by atoms with van der Waals surface area (Å²) in [6.07, 6.45) is 0.357. The summed E-state index contributed by atoms with van der Waals surface area (Å²) in [6.45, 7) is 0. The summed E-state index contributed by atoms with van der Waals surface area (Å²) in [5, 5.41) is 5.51. The number of ether oxygens (including phenoxy) is 1. The van der Waals surface area contributed by atoms with Gasteiger partial charge in [-0.05, 0) is 35.9 Å². The number of hydrogen-bond donors (Lipinski definition) is 2. The lowest BCUT2D eigenvalue weighted by Gasteiger charge is -2.13. The molecule has 3 rings (SSSR count). The Hall–Kier alpha value is -3.02. The van der Waals surface area contributed by atoms with E-state index < -0.39 is 0 Å². The fraction of sp³-hybridized carbons (Fsp3) is 0.176. The first-order chi connectivity index (χ1) is 11.1. The van der Waals surface area contributed by atoms with Gasteiger partial charge >= 0.3 is 6.03 Å². The van der Waals surface area contributed by atoms with Crippen LogP contribution in [0, 0.1) is 0 Å². The lowest BCUT2D eigenvalue weighted by atomic mass is 10.1. The largest absolute Gasteiger partial charge is 0.495 e. The normalized spacial score (nSPS) is 12.8. The maximum absolute atomic E-state index is 12.1. The van der Waals surface area contributed by atoms with Gasteiger partial charge in [0.15, 0.2) is 0 Å². The molecule has 0 spiro atoms. The SMILES string of the molecule is COc1ccccc1NC(=O)Nc1ccc2c(c1)CC(=O)N2C. The number of benzene rings is 2. The number of nitrogens with zero attached hydrogens (tertiary/aromatic N) is 1. The number of likely N-dealkylation sites (N-methyl/N-ethyl adjacent to an activating group) is 1. The van der Waals surface area contributed by atoms with Crippen LogP contribution in [0.5, 0.6) is 5.75 Å². The Kier molecular flexibility index (Phi) is 3.89. The molecular weight excluding hydrogens is 294 g/mol. The summed E-state index contributed by atoms with van der Waals surface area (Å²) in [6, 6.07) is 12.2. The van der Waals surface area contributed by atoms with Crippen molar-refractivity contribution in [1.29, 1.82) is 0 Å². The number of methoxy groups -OCH3 is 1. The Morgan fingerprint density at radius 2 is 1.96 bits per heavy atom. The number of urea groups is 1. The van der Waals surface area contributed by atoms with E-state index >= 15 is 0 Å². The first-order valence-electron chi connectivity index (χ1n) is 7.19. The topological polar surface area (TPSA) is 70.7 Å². The van der Waals surface area contributed by atoms with E-state index in [1.165, 1.54) is 0 Å². The van der Waals surface area contributed by atoms with Gasteiger partial charge in [-0.1, -0.05) is 12.1 Å². The van der Waals surface area contributed by atoms with E-state index in [-0.39, 0.29) is 11.9 Å². The van der Waals surface area contributed by atoms with Gasteiger partial charge in [-0.25, -0.2) is 4.79 Å². The molecule has 2 aromatic carbocycles. The van der Waals surface area contributed by atoms with Crippen LogP contribution >= 0.6 is 0 Å². The molecule has 0 saturated carbocycles. The number of rotatable bonds is 3. The molecule has 6 nitrogen and oxygen atoms in total. The molecular formula is C17H17N3O3. The van der Waals surface area contributed by atoms with Gasteiger partial charge < -0.3 is 20.3 Å². The molecule has 0 aromatic heterocycles. The summed E-state index contributed by atoms with van der Waals surface area (Å²) >= 11 is 0. The number of carbonyl (C=O) groups is 2. The van der Waals surface area contributed by atoms with Crippen LogP contribution in [-0.2, 0) is 11.2 Å². The fourth-order valence-corrected chi connectivity index (χ4v) is 2.58. The molecule has 23 heavy (non-hydrogen) atoms. The Morgan fingerprint density at radius 1 is 1.17 bits per heavy atom. The molecule has 0 fully saturated rings. The van der Waals surface area contributed by atoms with Crippen LogP contribution in [0.15, 0.2) is 42.5 Å². The first kappa shape index (κ1) is 14.9. The van der Waals surface area contributed by atoms with Gasteiger partial charge in [0.1, 0.15) is 5.75 Å². The standard InChI is InChI=1S/C17H17N3O3/c1-20-14-8-7-12(9-11(14)10-16(20)21)18-17(22)19-13-5-3-4-6-15(13)23-2/h3-9H,10H2,1-2H3,(H2,18,19,22). The summed E-state index contributed by atoms with van der Waals surface area (Å²) in [5.41, 5.74) is 3.01. The monoisotopic (exact) mass is 311 g/mol. The van der Waals surface area contributed by atoms with E-state index in [1.807, 2.05) is 24.3 Å². The average molecular weight is 311 g/mol. The summed E-state index contributed by atoms with van der Waals surface area (Å²) in [4.78, 5) is 25.4. The van der Waals surface area contributed by atoms with Crippen LogP contribution in [0.25, 0.3) is 0 Å². The zero-order valence-corrected chi connectivity index (χ0v) is 12.9. The van der Waals surface area contributed by atoms with Crippen LogP contribution < -0.4 is 20.3 Å². The lowest BCUT2D eigenvalue weighted by molar-refractivity contribution is -0.117. The zero-order chi connectivity index (χ0) is 16.4. The van der Waals surface area contributed by atoms with Gasteiger partial charge in [-0.2, -0.15) is 0 Å². The first-order valence-corrected chi connectivity index (χ1v) is 7.19. The molecule has 3 amide bonds. The highest BCUT2D eigenvalue weighted by Gasteiger charge is 2.24. The van der Waals surface area contributed by atoms with Crippen molar-refractivity contribution < 1.29 is 14.3 Å². The molecule has 0 unspecified atom stereocenters. The third-order valence-electron chi connectivity index (χ3n) is 3.77. The van der Waals surface area contributed by atoms with Crippen molar-refractivity contribution >= 4 is 29.0 Å². The number of amides is 3. The highest BCUT2D eigenvalue weighted by atomic mass is 16.5. The highest BCUT2D eigenvalue weighted by Crippen LogP contribution is 2.30. The van der Waals surface area contributed by atoms with Crippen molar-refractivity contribution in [3.8, 4) is 5.75 Å². The van der Waals surface area contributed by atoms with Crippen LogP contribution in [0.2, 0.25) is 0 Å². The Labute approximate surface area is 134 Å². The van der Waals surface area contributed by atoms with Crippen LogP contribution in [0.4, 0.5) is 21.9 Å². The van der Waals surface area contributed by atoms with E-state index in [4.69, 9.17) is 4.74 Å². The number of carbonyl (C=O) groups excluding carboxylic acids is 2. The van der Waals surface area contributed by atoms with Crippen molar-refractivity contribution in [1.82, 2.24) is 0 Å². The summed E-state index contributed by atoms with van der Waals surface area (Å²) in [7, 11) is 3.29. The minimum atomic E-state index is -0.368. The number of anilines is 3. The van der Waals surface area contributed by atoms with Crippen molar-refractivity contribution in [3.05, 3.63) is 48.0 Å². The van der Waals surface area contributed by atoms with Crippen LogP contribution in [0.1, 0.15) is 5.56 Å². The minimum absolute atomic E-state index is 0.0515. The Balaban J connectivity index is 1.72. The van der Waals surface area contributed by atoms with E-state index in [0.717, 1.165) is 11.3 Å². The zero-order valence-electron chi connectivity index (χ0n) is 12.9. The molecule has 0 saturated heterocycles. The highest BCUT2D eigenvalue weighted by molar-refractivity contribution is 6.03. The summed E-state index contributed by atoms with van der Waals surface area (Å²) in [5.74, 6) is 0.638. The number of para-hydroxylation sites is 2. The van der Waals surface area contributed by atoms with Gasteiger partial charge in [-0.3, -0.25) is 4.79 Å². The number of hydrogen-bond acceptors (Lipinski definition) is 3. The molecule has 1 aliphatic heterocycles. The van der Waals surface area contributed by atoms with Crippen LogP contribution in [0.3, 0.4) is 0 Å². The van der Waals surface area contributed by atoms with Crippen molar-refractivity contribution in [2.75, 3.05) is 29.7 Å². The quantitative estimate of drug-likeness (QED) is 0.915. The van der Waals surface area contributed by atoms with E-state index in [2.05, 4.69) is 10.6 Å². The molecule has 2 N–H and O–H groups in total. The Bertz CT molecular complexity index is 773. The van der Waals surface area contributed by atoms with Gasteiger partial charge in [0.2, 0.25) is 5.91 Å². The average Bonchev–Trinajstić information content (AvgIpc) is 2.82. The molecule has 118 valence electrons. The van der Waals surface area contributed by atoms with Crippen molar-refractivity contribution in [2.45, 2.75) is 6.42 Å². The number of fused-ring (bicyclic) bond motifs is 1. The second-order valence-corrected chi connectivity index (χ2v) is 5.25. The van der Waals surface area contributed by atoms with Crippen molar-refractivity contribution in [3.63, 3.8) is 0 Å². The van der Waals surface area contributed by atoms with Gasteiger partial charge in [0.25, 0.3) is 0 Å². The second-order valence-electron chi connectivity index (χ2n) is 5.25. The van der Waals surface area contributed by atoms with Gasteiger partial charge in [0, 0.05) is 18.4 Å². The predicted molar refractivity (Wildman–Crippen MR) is 89.2 cm³/mol. The van der Waals surface area contributed by atoms with E-state index in [0.29, 0.717) is 23.5 Å². The third kappa shape index (κ3) is 2.96. The maximum atomic E-state index is 12.1. The summed E-state index contributed by atoms with van der Waals surface area (Å²) < 4.78 is 5.20. The Morgan fingerprint density at radius 3 is 2.74 bits per heavy atom. The van der Waals surface area contributed by atoms with Crippen molar-refractivity contribution in [2.24, 2.45) is 0 Å². The molecule has 1 heterocycles. The third-order valence-corrected chi connectivity index (χ3v) is 3.77. The fourth-order valence-electron chi connectivity index (χ4n) is 2.58. The molecule has 0 aliphatic carbocycles. The predicted octanol–water partition coefficient (Wildman–Crippen LogP) is 2.86. The molecule has 2 aromatic rings. The van der Waals surface area contributed by atoms with E-state index in [1.54, 1.807) is 37.3 Å². The van der Waals surface area contributed by atoms with Crippen LogP contribution in [-0.4, -0.2) is 26.1 Å². The van der Waals surface area contributed by atoms with Gasteiger partial charge in [0.05, 0.1) is 19.2 Å². The molecule has 6 heteroatoms. The van der Waals surface area contributed by atoms with Gasteiger partial charge in [-0.15, -0.1) is 0 Å². The minimum Gasteiger partial charge on any atom is -0.495 e. The number of nitrogens with one attached hydrogen (secondary N) is 2. The smallest absolute Gasteiger partial charge is 0.323 e. The van der Waals surface area contributed by atoms with E-state index in [9.17, 15) is 9.59 Å². The second kappa shape index (κ2) is 6.00.